The molecule has 84 valence electrons. The van der Waals surface area contributed by atoms with Gasteiger partial charge in [0.2, 0.25) is 0 Å². The van der Waals surface area contributed by atoms with E-state index < -0.39 is 0 Å². The molecule has 1 heterocycles. The van der Waals surface area contributed by atoms with E-state index in [9.17, 15) is 0 Å². The van der Waals surface area contributed by atoms with Crippen LogP contribution in [-0.2, 0) is 11.8 Å². The Morgan fingerprint density at radius 1 is 1.19 bits per heavy atom. The summed E-state index contributed by atoms with van der Waals surface area (Å²) in [6, 6.07) is 10.6. The third kappa shape index (κ3) is 2.03. The van der Waals surface area contributed by atoms with Gasteiger partial charge in [-0.1, -0.05) is 37.3 Å². The first kappa shape index (κ1) is 11.3. The highest BCUT2D eigenvalue weighted by molar-refractivity contribution is 7.09. The third-order valence-electron chi connectivity index (χ3n) is 2.94. The van der Waals surface area contributed by atoms with Crippen molar-refractivity contribution in [3.8, 4) is 0 Å². The highest BCUT2D eigenvalue weighted by Crippen LogP contribution is 2.33. The first-order valence-corrected chi connectivity index (χ1v) is 6.53. The maximum Gasteiger partial charge on any atom is 0.103 e. The van der Waals surface area contributed by atoms with E-state index in [2.05, 4.69) is 56.5 Å². The zero-order valence-electron chi connectivity index (χ0n) is 10.0. The van der Waals surface area contributed by atoms with Crippen molar-refractivity contribution in [2.45, 2.75) is 32.6 Å². The SMILES string of the molecule is CCc1csc(C(C)(C)c2ccccc2)n1. The molecule has 0 N–H and O–H groups in total. The van der Waals surface area contributed by atoms with Crippen LogP contribution in [-0.4, -0.2) is 4.98 Å². The summed E-state index contributed by atoms with van der Waals surface area (Å²) in [6.07, 6.45) is 1.02. The number of aryl methyl sites for hydroxylation is 1. The van der Waals surface area contributed by atoms with Gasteiger partial charge in [0.25, 0.3) is 0 Å². The Balaban J connectivity index is 2.38. The molecule has 0 radical (unpaired) electrons. The van der Waals surface area contributed by atoms with Gasteiger partial charge in [-0.05, 0) is 25.8 Å². The van der Waals surface area contributed by atoms with Gasteiger partial charge in [-0.15, -0.1) is 11.3 Å². The predicted molar refractivity (Wildman–Crippen MR) is 70.1 cm³/mol. The molecule has 2 aromatic rings. The van der Waals surface area contributed by atoms with E-state index in [0.717, 1.165) is 6.42 Å². The zero-order chi connectivity index (χ0) is 11.6. The fourth-order valence-corrected chi connectivity index (χ4v) is 2.78. The smallest absolute Gasteiger partial charge is 0.103 e. The summed E-state index contributed by atoms with van der Waals surface area (Å²) in [7, 11) is 0. The molecule has 0 saturated carbocycles. The molecule has 16 heavy (non-hydrogen) atoms. The monoisotopic (exact) mass is 231 g/mol. The van der Waals surface area contributed by atoms with E-state index in [1.54, 1.807) is 11.3 Å². The lowest BCUT2D eigenvalue weighted by Gasteiger charge is -2.22. The van der Waals surface area contributed by atoms with Crippen LogP contribution in [0.3, 0.4) is 0 Å². The van der Waals surface area contributed by atoms with Gasteiger partial charge in [0.05, 0.1) is 5.69 Å². The summed E-state index contributed by atoms with van der Waals surface area (Å²) >= 11 is 1.76. The zero-order valence-corrected chi connectivity index (χ0v) is 10.8. The first-order chi connectivity index (χ1) is 7.64. The van der Waals surface area contributed by atoms with E-state index in [1.807, 2.05) is 0 Å². The second-order valence-corrected chi connectivity index (χ2v) is 5.35. The van der Waals surface area contributed by atoms with Crippen LogP contribution in [0.5, 0.6) is 0 Å². The molecule has 0 spiro atoms. The highest BCUT2D eigenvalue weighted by Gasteiger charge is 2.26. The van der Waals surface area contributed by atoms with Crippen molar-refractivity contribution in [2.24, 2.45) is 0 Å². The number of hydrogen-bond acceptors (Lipinski definition) is 2. The lowest BCUT2D eigenvalue weighted by Crippen LogP contribution is -2.18. The molecule has 0 bridgehead atoms. The third-order valence-corrected chi connectivity index (χ3v) is 4.16. The molecule has 0 aliphatic heterocycles. The van der Waals surface area contributed by atoms with Crippen LogP contribution in [0.25, 0.3) is 0 Å². The maximum absolute atomic E-state index is 4.70. The molecule has 0 aliphatic rings. The Labute approximate surface area is 101 Å². The molecule has 1 aromatic carbocycles. The average molecular weight is 231 g/mol. The van der Waals surface area contributed by atoms with Crippen molar-refractivity contribution < 1.29 is 0 Å². The summed E-state index contributed by atoms with van der Waals surface area (Å²) in [5, 5.41) is 3.37. The Kier molecular flexibility index (Phi) is 3.10. The first-order valence-electron chi connectivity index (χ1n) is 5.65. The van der Waals surface area contributed by atoms with Crippen LogP contribution in [0.4, 0.5) is 0 Å². The van der Waals surface area contributed by atoms with Crippen LogP contribution < -0.4 is 0 Å². The van der Waals surface area contributed by atoms with Crippen LogP contribution >= 0.6 is 11.3 Å². The van der Waals surface area contributed by atoms with Gasteiger partial charge in [0, 0.05) is 10.8 Å². The average Bonchev–Trinajstić information content (AvgIpc) is 2.79. The molecule has 0 aliphatic carbocycles. The minimum Gasteiger partial charge on any atom is -0.245 e. The fraction of sp³-hybridized carbons (Fsp3) is 0.357. The number of benzene rings is 1. The van der Waals surface area contributed by atoms with Crippen molar-refractivity contribution in [3.63, 3.8) is 0 Å². The van der Waals surface area contributed by atoms with E-state index >= 15 is 0 Å². The molecular formula is C14H17NS. The van der Waals surface area contributed by atoms with Crippen LogP contribution in [0.1, 0.15) is 37.0 Å². The lowest BCUT2D eigenvalue weighted by molar-refractivity contribution is 0.632. The van der Waals surface area contributed by atoms with E-state index in [0.29, 0.717) is 0 Å². The summed E-state index contributed by atoms with van der Waals surface area (Å²) in [4.78, 5) is 4.70. The van der Waals surface area contributed by atoms with E-state index in [4.69, 9.17) is 4.98 Å². The van der Waals surface area contributed by atoms with Crippen molar-refractivity contribution >= 4 is 11.3 Å². The van der Waals surface area contributed by atoms with E-state index in [-0.39, 0.29) is 5.41 Å². The van der Waals surface area contributed by atoms with E-state index in [1.165, 1.54) is 16.3 Å². The second-order valence-electron chi connectivity index (χ2n) is 4.49. The number of hydrogen-bond donors (Lipinski definition) is 0. The van der Waals surface area contributed by atoms with Gasteiger partial charge >= 0.3 is 0 Å². The molecule has 0 amide bonds. The van der Waals surface area contributed by atoms with Crippen molar-refractivity contribution in [3.05, 3.63) is 52.0 Å². The van der Waals surface area contributed by atoms with Crippen LogP contribution in [0.15, 0.2) is 35.7 Å². The second kappa shape index (κ2) is 4.38. The highest BCUT2D eigenvalue weighted by atomic mass is 32.1. The summed E-state index contributed by atoms with van der Waals surface area (Å²) in [5.74, 6) is 0. The Morgan fingerprint density at radius 3 is 2.44 bits per heavy atom. The quantitative estimate of drug-likeness (QED) is 0.777. The topological polar surface area (TPSA) is 12.9 Å². The molecule has 1 aromatic heterocycles. The van der Waals surface area contributed by atoms with Gasteiger partial charge < -0.3 is 0 Å². The molecule has 2 heteroatoms. The molecule has 0 unspecified atom stereocenters. The summed E-state index contributed by atoms with van der Waals surface area (Å²) in [6.45, 7) is 6.62. The summed E-state index contributed by atoms with van der Waals surface area (Å²) < 4.78 is 0. The molecule has 0 fully saturated rings. The predicted octanol–water partition coefficient (Wildman–Crippen LogP) is 4.03. The minimum absolute atomic E-state index is 0.0132. The molecular weight excluding hydrogens is 214 g/mol. The molecule has 2 rings (SSSR count). The Morgan fingerprint density at radius 2 is 1.88 bits per heavy atom. The number of thiazole rings is 1. The van der Waals surface area contributed by atoms with Crippen LogP contribution in [0, 0.1) is 0 Å². The largest absolute Gasteiger partial charge is 0.245 e. The van der Waals surface area contributed by atoms with Crippen molar-refractivity contribution in [1.29, 1.82) is 0 Å². The number of aromatic nitrogens is 1. The number of nitrogens with zero attached hydrogens (tertiary/aromatic N) is 1. The van der Waals surface area contributed by atoms with Crippen molar-refractivity contribution in [2.75, 3.05) is 0 Å². The minimum atomic E-state index is 0.0132. The molecule has 0 saturated heterocycles. The van der Waals surface area contributed by atoms with Gasteiger partial charge in [0.15, 0.2) is 0 Å². The Hall–Kier alpha value is -1.15. The van der Waals surface area contributed by atoms with Crippen LogP contribution in [0.2, 0.25) is 0 Å². The fourth-order valence-electron chi connectivity index (χ4n) is 1.73. The lowest BCUT2D eigenvalue weighted by atomic mass is 9.85. The van der Waals surface area contributed by atoms with Gasteiger partial charge in [-0.3, -0.25) is 0 Å². The van der Waals surface area contributed by atoms with Gasteiger partial charge in [-0.2, -0.15) is 0 Å². The Bertz CT molecular complexity index is 457. The molecule has 0 atom stereocenters. The van der Waals surface area contributed by atoms with Gasteiger partial charge in [-0.25, -0.2) is 4.98 Å². The standard InChI is InChI=1S/C14H17NS/c1-4-12-10-16-13(15-12)14(2,3)11-8-6-5-7-9-11/h5-10H,4H2,1-3H3. The maximum atomic E-state index is 4.70. The van der Waals surface area contributed by atoms with Crippen molar-refractivity contribution in [1.82, 2.24) is 4.98 Å². The summed E-state index contributed by atoms with van der Waals surface area (Å²) in [5.41, 5.74) is 2.54. The van der Waals surface area contributed by atoms with Gasteiger partial charge in [0.1, 0.15) is 5.01 Å². The normalized spacial score (nSPS) is 11.7. The number of rotatable bonds is 3. The molecule has 1 nitrogen and oxygen atoms in total.